The fourth-order valence-corrected chi connectivity index (χ4v) is 4.36. The molecule has 1 amide bonds. The number of carboxylic acid groups (broad SMARTS) is 1. The Kier molecular flexibility index (Phi) is 5.17. The van der Waals surface area contributed by atoms with Crippen molar-refractivity contribution in [1.29, 1.82) is 0 Å². The number of para-hydroxylation sites is 1. The molecule has 3 heterocycles. The third kappa shape index (κ3) is 3.66. The minimum Gasteiger partial charge on any atom is -0.480 e. The average Bonchev–Trinajstić information content (AvgIpc) is 2.99. The molecule has 0 bridgehead atoms. The predicted octanol–water partition coefficient (Wildman–Crippen LogP) is 2.41. The lowest BCUT2D eigenvalue weighted by Gasteiger charge is -2.30. The predicted molar refractivity (Wildman–Crippen MR) is 106 cm³/mol. The van der Waals surface area contributed by atoms with Crippen molar-refractivity contribution >= 4 is 45.7 Å². The number of piperidine rings is 1. The fraction of sp³-hybridized carbons (Fsp3) is 0.421. The summed E-state index contributed by atoms with van der Waals surface area (Å²) in [6.07, 6.45) is 2.20. The molecule has 8 nitrogen and oxygen atoms in total. The van der Waals surface area contributed by atoms with Crippen molar-refractivity contribution in [3.05, 3.63) is 24.3 Å². The van der Waals surface area contributed by atoms with Crippen LogP contribution in [0, 0.1) is 5.92 Å². The molecule has 1 aliphatic heterocycles. The summed E-state index contributed by atoms with van der Waals surface area (Å²) in [5.41, 5.74) is 1.79. The van der Waals surface area contributed by atoms with Crippen LogP contribution in [0.15, 0.2) is 29.4 Å². The molecule has 0 aliphatic carbocycles. The number of carbonyl (C=O) groups is 2. The molecule has 0 radical (unpaired) electrons. The molecule has 1 aliphatic rings. The summed E-state index contributed by atoms with van der Waals surface area (Å²) in [6.45, 7) is 3.55. The van der Waals surface area contributed by atoms with Crippen LogP contribution in [-0.2, 0) is 16.1 Å². The van der Waals surface area contributed by atoms with Gasteiger partial charge in [-0.15, -0.1) is 10.2 Å². The second-order valence-corrected chi connectivity index (χ2v) is 8.08. The summed E-state index contributed by atoms with van der Waals surface area (Å²) in [5, 5.41) is 18.9. The first-order valence-electron chi connectivity index (χ1n) is 9.27. The Labute approximate surface area is 165 Å². The molecule has 28 heavy (non-hydrogen) atoms. The van der Waals surface area contributed by atoms with Crippen molar-refractivity contribution in [1.82, 2.24) is 24.6 Å². The van der Waals surface area contributed by atoms with Gasteiger partial charge in [0.15, 0.2) is 5.65 Å². The van der Waals surface area contributed by atoms with E-state index in [0.717, 1.165) is 36.8 Å². The van der Waals surface area contributed by atoms with Crippen LogP contribution < -0.4 is 0 Å². The van der Waals surface area contributed by atoms with Crippen LogP contribution in [0.4, 0.5) is 0 Å². The molecule has 1 unspecified atom stereocenters. The van der Waals surface area contributed by atoms with E-state index in [1.807, 2.05) is 29.2 Å². The first-order valence-corrected chi connectivity index (χ1v) is 10.3. The smallest absolute Gasteiger partial charge is 0.323 e. The van der Waals surface area contributed by atoms with Crippen LogP contribution in [-0.4, -0.2) is 60.5 Å². The van der Waals surface area contributed by atoms with Crippen LogP contribution in [0.2, 0.25) is 0 Å². The maximum atomic E-state index is 12.5. The van der Waals surface area contributed by atoms with Gasteiger partial charge in [-0.1, -0.05) is 36.9 Å². The van der Waals surface area contributed by atoms with E-state index in [4.69, 9.17) is 0 Å². The molecule has 0 spiro atoms. The number of thioether (sulfide) groups is 1. The lowest BCUT2D eigenvalue weighted by atomic mass is 10.0. The van der Waals surface area contributed by atoms with Crippen molar-refractivity contribution in [2.45, 2.75) is 31.5 Å². The van der Waals surface area contributed by atoms with E-state index in [0.29, 0.717) is 22.2 Å². The number of hydrogen-bond acceptors (Lipinski definition) is 6. The minimum absolute atomic E-state index is 0.0753. The Morgan fingerprint density at radius 3 is 2.89 bits per heavy atom. The van der Waals surface area contributed by atoms with Crippen molar-refractivity contribution < 1.29 is 14.7 Å². The Morgan fingerprint density at radius 2 is 2.11 bits per heavy atom. The standard InChI is InChI=1S/C19H21N5O3S/c1-12-5-4-8-23(9-12)15(25)11-28-19-20-18-17(21-22-19)13-6-2-3-7-14(13)24(18)10-16(26)27/h2-3,6-7,12H,4-5,8-11H2,1H3,(H,26,27). The van der Waals surface area contributed by atoms with Gasteiger partial charge in [-0.25, -0.2) is 4.98 Å². The number of carbonyl (C=O) groups excluding carboxylic acids is 1. The van der Waals surface area contributed by atoms with Gasteiger partial charge in [0.2, 0.25) is 11.1 Å². The van der Waals surface area contributed by atoms with Crippen molar-refractivity contribution in [2.24, 2.45) is 5.92 Å². The summed E-state index contributed by atoms with van der Waals surface area (Å²) in [6, 6.07) is 7.44. The largest absolute Gasteiger partial charge is 0.480 e. The van der Waals surface area contributed by atoms with Crippen LogP contribution >= 0.6 is 11.8 Å². The van der Waals surface area contributed by atoms with E-state index >= 15 is 0 Å². The lowest BCUT2D eigenvalue weighted by Crippen LogP contribution is -2.40. The maximum absolute atomic E-state index is 12.5. The van der Waals surface area contributed by atoms with Crippen LogP contribution in [0.3, 0.4) is 0 Å². The molecule has 1 N–H and O–H groups in total. The van der Waals surface area contributed by atoms with Gasteiger partial charge in [-0.2, -0.15) is 0 Å². The molecule has 4 rings (SSSR count). The molecular formula is C19H21N5O3S. The third-order valence-electron chi connectivity index (χ3n) is 4.98. The van der Waals surface area contributed by atoms with E-state index < -0.39 is 5.97 Å². The number of aromatic nitrogens is 4. The molecule has 1 saturated heterocycles. The quantitative estimate of drug-likeness (QED) is 0.658. The number of carboxylic acids is 1. The lowest BCUT2D eigenvalue weighted by molar-refractivity contribution is -0.137. The average molecular weight is 399 g/mol. The number of benzene rings is 1. The Bertz CT molecular complexity index is 1050. The minimum atomic E-state index is -0.954. The van der Waals surface area contributed by atoms with Gasteiger partial charge in [-0.05, 0) is 24.8 Å². The van der Waals surface area contributed by atoms with Gasteiger partial charge in [0, 0.05) is 18.5 Å². The van der Waals surface area contributed by atoms with Gasteiger partial charge in [0.05, 0.1) is 11.3 Å². The SMILES string of the molecule is CC1CCCN(C(=O)CSc2nnc3c4ccccc4n(CC(=O)O)c3n2)C1. The van der Waals surface area contributed by atoms with Crippen LogP contribution in [0.1, 0.15) is 19.8 Å². The van der Waals surface area contributed by atoms with Gasteiger partial charge >= 0.3 is 5.97 Å². The number of nitrogens with zero attached hydrogens (tertiary/aromatic N) is 5. The number of rotatable bonds is 5. The topological polar surface area (TPSA) is 101 Å². The second-order valence-electron chi connectivity index (χ2n) is 7.14. The fourth-order valence-electron chi connectivity index (χ4n) is 3.68. The Balaban J connectivity index is 1.59. The summed E-state index contributed by atoms with van der Waals surface area (Å²) in [5.74, 6) is -0.0983. The molecule has 146 valence electrons. The second kappa shape index (κ2) is 7.75. The highest BCUT2D eigenvalue weighted by Gasteiger charge is 2.22. The molecule has 9 heteroatoms. The number of hydrogen-bond donors (Lipinski definition) is 1. The van der Waals surface area contributed by atoms with E-state index in [1.165, 1.54) is 11.8 Å². The highest BCUT2D eigenvalue weighted by atomic mass is 32.2. The van der Waals surface area contributed by atoms with E-state index in [1.54, 1.807) is 4.57 Å². The number of fused-ring (bicyclic) bond motifs is 3. The monoisotopic (exact) mass is 399 g/mol. The van der Waals surface area contributed by atoms with Crippen LogP contribution in [0.5, 0.6) is 0 Å². The van der Waals surface area contributed by atoms with Crippen molar-refractivity contribution in [3.63, 3.8) is 0 Å². The highest BCUT2D eigenvalue weighted by molar-refractivity contribution is 7.99. The molecular weight excluding hydrogens is 378 g/mol. The highest BCUT2D eigenvalue weighted by Crippen LogP contribution is 2.27. The molecule has 2 aromatic heterocycles. The molecule has 1 atom stereocenters. The zero-order valence-corrected chi connectivity index (χ0v) is 16.4. The Hall–Kier alpha value is -2.68. The first kappa shape index (κ1) is 18.7. The van der Waals surface area contributed by atoms with Crippen molar-refractivity contribution in [3.8, 4) is 0 Å². The van der Waals surface area contributed by atoms with Gasteiger partial charge in [0.25, 0.3) is 0 Å². The van der Waals surface area contributed by atoms with E-state index in [-0.39, 0.29) is 18.2 Å². The van der Waals surface area contributed by atoms with Crippen molar-refractivity contribution in [2.75, 3.05) is 18.8 Å². The molecule has 3 aromatic rings. The molecule has 1 fully saturated rings. The molecule has 0 saturated carbocycles. The summed E-state index contributed by atoms with van der Waals surface area (Å²) >= 11 is 1.24. The number of amides is 1. The van der Waals surface area contributed by atoms with E-state index in [9.17, 15) is 14.7 Å². The Morgan fingerprint density at radius 1 is 1.29 bits per heavy atom. The van der Waals surface area contributed by atoms with Gasteiger partial charge in [-0.3, -0.25) is 9.59 Å². The summed E-state index contributed by atoms with van der Waals surface area (Å²) < 4.78 is 1.62. The van der Waals surface area contributed by atoms with E-state index in [2.05, 4.69) is 22.1 Å². The summed E-state index contributed by atoms with van der Waals surface area (Å²) in [4.78, 5) is 30.2. The normalized spacial score (nSPS) is 17.3. The zero-order valence-electron chi connectivity index (χ0n) is 15.5. The number of aliphatic carboxylic acids is 1. The third-order valence-corrected chi connectivity index (χ3v) is 5.80. The van der Waals surface area contributed by atoms with Crippen LogP contribution in [0.25, 0.3) is 22.1 Å². The zero-order chi connectivity index (χ0) is 19.7. The maximum Gasteiger partial charge on any atom is 0.323 e. The summed E-state index contributed by atoms with van der Waals surface area (Å²) in [7, 11) is 0. The first-order chi connectivity index (χ1) is 13.5. The molecule has 1 aromatic carbocycles. The van der Waals surface area contributed by atoms with Gasteiger partial charge in [0.1, 0.15) is 12.1 Å². The number of likely N-dealkylation sites (tertiary alicyclic amines) is 1. The van der Waals surface area contributed by atoms with Gasteiger partial charge < -0.3 is 14.6 Å².